The summed E-state index contributed by atoms with van der Waals surface area (Å²) in [7, 11) is 0. The van der Waals surface area contributed by atoms with Crippen LogP contribution in [0.1, 0.15) is 11.1 Å². The number of nitrogens with one attached hydrogen (secondary N) is 1. The third-order valence-electron chi connectivity index (χ3n) is 3.20. The van der Waals surface area contributed by atoms with E-state index in [9.17, 15) is 20.2 Å². The van der Waals surface area contributed by atoms with Crippen molar-refractivity contribution in [1.29, 1.82) is 5.26 Å². The first kappa shape index (κ1) is 17.2. The number of rotatable bonds is 4. The molecule has 2 aromatic carbocycles. The fraction of sp³-hybridized carbons (Fsp3) is 0.0588. The number of hydrogen-bond acceptors (Lipinski definition) is 4. The third kappa shape index (κ3) is 4.18. The zero-order chi connectivity index (χ0) is 17.7. The molecule has 0 atom stereocenters. The molecule has 0 aromatic heterocycles. The lowest BCUT2D eigenvalue weighted by molar-refractivity contribution is -0.384. The Hall–Kier alpha value is -3.17. The molecule has 0 aliphatic heterocycles. The average molecular weight is 342 g/mol. The highest BCUT2D eigenvalue weighted by atomic mass is 35.5. The van der Waals surface area contributed by atoms with Crippen LogP contribution < -0.4 is 5.32 Å². The number of halogens is 1. The van der Waals surface area contributed by atoms with E-state index >= 15 is 0 Å². The third-order valence-corrected chi connectivity index (χ3v) is 3.44. The summed E-state index contributed by atoms with van der Waals surface area (Å²) in [6, 6.07) is 12.6. The molecule has 2 rings (SSSR count). The molecular weight excluding hydrogens is 330 g/mol. The van der Waals surface area contributed by atoms with Crippen LogP contribution in [0.4, 0.5) is 11.4 Å². The lowest BCUT2D eigenvalue weighted by Crippen LogP contribution is -2.14. The molecule has 0 spiro atoms. The SMILES string of the molecule is Cc1ccc([N+](=O)[O-])cc1NC(=O)/C(C#N)=C/c1cccc(Cl)c1. The monoisotopic (exact) mass is 341 g/mol. The molecule has 0 saturated carbocycles. The number of aryl methyl sites for hydroxylation is 1. The molecular formula is C17H12ClN3O3. The second-order valence-corrected chi connectivity index (χ2v) is 5.37. The van der Waals surface area contributed by atoms with Crippen molar-refractivity contribution >= 4 is 35.0 Å². The van der Waals surface area contributed by atoms with Gasteiger partial charge in [0.1, 0.15) is 11.6 Å². The topological polar surface area (TPSA) is 96.0 Å². The van der Waals surface area contributed by atoms with Crippen LogP contribution in [-0.4, -0.2) is 10.8 Å². The average Bonchev–Trinajstić information content (AvgIpc) is 2.54. The fourth-order valence-electron chi connectivity index (χ4n) is 1.96. The maximum absolute atomic E-state index is 12.3. The van der Waals surface area contributed by atoms with E-state index in [1.807, 2.05) is 6.07 Å². The Bertz CT molecular complexity index is 885. The van der Waals surface area contributed by atoms with Gasteiger partial charge in [-0.3, -0.25) is 14.9 Å². The molecule has 0 bridgehead atoms. The van der Waals surface area contributed by atoms with Gasteiger partial charge in [-0.15, -0.1) is 0 Å². The molecule has 7 heteroatoms. The Labute approximate surface area is 143 Å². The maximum atomic E-state index is 12.3. The molecule has 1 N–H and O–H groups in total. The van der Waals surface area contributed by atoms with Gasteiger partial charge in [0.25, 0.3) is 11.6 Å². The predicted molar refractivity (Wildman–Crippen MR) is 91.5 cm³/mol. The van der Waals surface area contributed by atoms with E-state index in [1.54, 1.807) is 31.2 Å². The van der Waals surface area contributed by atoms with Gasteiger partial charge in [0.2, 0.25) is 0 Å². The van der Waals surface area contributed by atoms with E-state index in [-0.39, 0.29) is 16.9 Å². The molecule has 6 nitrogen and oxygen atoms in total. The molecule has 24 heavy (non-hydrogen) atoms. The van der Waals surface area contributed by atoms with E-state index in [0.29, 0.717) is 16.1 Å². The zero-order valence-electron chi connectivity index (χ0n) is 12.6. The Morgan fingerprint density at radius 3 is 2.71 bits per heavy atom. The summed E-state index contributed by atoms with van der Waals surface area (Å²) in [5, 5.41) is 23.0. The quantitative estimate of drug-likeness (QED) is 0.392. The molecule has 0 heterocycles. The van der Waals surface area contributed by atoms with Crippen molar-refractivity contribution in [2.75, 3.05) is 5.32 Å². The molecule has 2 aromatic rings. The summed E-state index contributed by atoms with van der Waals surface area (Å²) in [5.74, 6) is -0.652. The molecule has 0 radical (unpaired) electrons. The number of carbonyl (C=O) groups excluding carboxylic acids is 1. The van der Waals surface area contributed by atoms with Gasteiger partial charge in [0, 0.05) is 17.2 Å². The van der Waals surface area contributed by atoms with E-state index in [4.69, 9.17) is 11.6 Å². The maximum Gasteiger partial charge on any atom is 0.271 e. The van der Waals surface area contributed by atoms with Crippen LogP contribution in [0.25, 0.3) is 6.08 Å². The molecule has 0 fully saturated rings. The molecule has 0 saturated heterocycles. The van der Waals surface area contributed by atoms with Crippen molar-refractivity contribution in [1.82, 2.24) is 0 Å². The Morgan fingerprint density at radius 2 is 2.08 bits per heavy atom. The lowest BCUT2D eigenvalue weighted by Gasteiger charge is -2.07. The van der Waals surface area contributed by atoms with E-state index in [0.717, 1.165) is 0 Å². The summed E-state index contributed by atoms with van der Waals surface area (Å²) in [5.41, 5.74) is 1.25. The number of anilines is 1. The number of amides is 1. The smallest absolute Gasteiger partial charge is 0.271 e. The number of non-ortho nitro benzene ring substituents is 1. The van der Waals surface area contributed by atoms with Crippen molar-refractivity contribution in [2.24, 2.45) is 0 Å². The number of hydrogen-bond donors (Lipinski definition) is 1. The van der Waals surface area contributed by atoms with Gasteiger partial charge >= 0.3 is 0 Å². The number of benzene rings is 2. The minimum absolute atomic E-state index is 0.136. The van der Waals surface area contributed by atoms with Gasteiger partial charge in [-0.05, 0) is 36.3 Å². The van der Waals surface area contributed by atoms with Crippen LogP contribution in [0.15, 0.2) is 48.0 Å². The van der Waals surface area contributed by atoms with Gasteiger partial charge < -0.3 is 5.32 Å². The highest BCUT2D eigenvalue weighted by molar-refractivity contribution is 6.30. The number of carbonyl (C=O) groups is 1. The Morgan fingerprint density at radius 1 is 1.33 bits per heavy atom. The van der Waals surface area contributed by atoms with Crippen molar-refractivity contribution in [3.05, 3.63) is 74.3 Å². The van der Waals surface area contributed by atoms with Crippen LogP contribution in [0.3, 0.4) is 0 Å². The van der Waals surface area contributed by atoms with Gasteiger partial charge in [-0.2, -0.15) is 5.26 Å². The largest absolute Gasteiger partial charge is 0.321 e. The van der Waals surface area contributed by atoms with Crippen molar-refractivity contribution in [2.45, 2.75) is 6.92 Å². The van der Waals surface area contributed by atoms with Gasteiger partial charge in [-0.1, -0.05) is 29.8 Å². The number of nitro groups is 1. The molecule has 0 unspecified atom stereocenters. The summed E-state index contributed by atoms with van der Waals surface area (Å²) in [4.78, 5) is 22.5. The Balaban J connectivity index is 2.29. The predicted octanol–water partition coefficient (Wildman–Crippen LogP) is 4.10. The number of nitrogens with zero attached hydrogens (tertiary/aromatic N) is 2. The van der Waals surface area contributed by atoms with E-state index in [2.05, 4.69) is 5.32 Å². The van der Waals surface area contributed by atoms with Crippen molar-refractivity contribution < 1.29 is 9.72 Å². The minimum atomic E-state index is -0.652. The van der Waals surface area contributed by atoms with Crippen LogP contribution >= 0.6 is 11.6 Å². The van der Waals surface area contributed by atoms with Crippen molar-refractivity contribution in [3.8, 4) is 6.07 Å². The Kier molecular flexibility index (Phi) is 5.30. The van der Waals surface area contributed by atoms with E-state index in [1.165, 1.54) is 24.3 Å². The lowest BCUT2D eigenvalue weighted by atomic mass is 10.1. The summed E-state index contributed by atoms with van der Waals surface area (Å²) >= 11 is 5.87. The first-order valence-corrected chi connectivity index (χ1v) is 7.22. The number of nitriles is 1. The molecule has 0 aliphatic carbocycles. The zero-order valence-corrected chi connectivity index (χ0v) is 13.4. The van der Waals surface area contributed by atoms with Gasteiger partial charge in [0.05, 0.1) is 10.6 Å². The standard InChI is InChI=1S/C17H12ClN3O3/c1-11-5-6-15(21(23)24)9-16(11)20-17(22)13(10-19)7-12-3-2-4-14(18)8-12/h2-9H,1H3,(H,20,22)/b13-7+. The fourth-order valence-corrected chi connectivity index (χ4v) is 2.16. The first-order valence-electron chi connectivity index (χ1n) is 6.84. The van der Waals surface area contributed by atoms with Crippen LogP contribution in [-0.2, 0) is 4.79 Å². The molecule has 120 valence electrons. The van der Waals surface area contributed by atoms with Gasteiger partial charge in [0.15, 0.2) is 0 Å². The number of nitro benzene ring substituents is 1. The van der Waals surface area contributed by atoms with Gasteiger partial charge in [-0.25, -0.2) is 0 Å². The van der Waals surface area contributed by atoms with Crippen LogP contribution in [0, 0.1) is 28.4 Å². The summed E-state index contributed by atoms with van der Waals surface area (Å²) < 4.78 is 0. The minimum Gasteiger partial charge on any atom is -0.321 e. The molecule has 0 aliphatic rings. The van der Waals surface area contributed by atoms with Crippen LogP contribution in [0.5, 0.6) is 0 Å². The highest BCUT2D eigenvalue weighted by Gasteiger charge is 2.14. The normalized spacial score (nSPS) is 10.8. The van der Waals surface area contributed by atoms with E-state index < -0.39 is 10.8 Å². The second kappa shape index (κ2) is 7.40. The summed E-state index contributed by atoms with van der Waals surface area (Å²) in [6.07, 6.45) is 1.40. The highest BCUT2D eigenvalue weighted by Crippen LogP contribution is 2.22. The summed E-state index contributed by atoms with van der Waals surface area (Å²) in [6.45, 7) is 1.70. The second-order valence-electron chi connectivity index (χ2n) is 4.94. The van der Waals surface area contributed by atoms with Crippen molar-refractivity contribution in [3.63, 3.8) is 0 Å². The molecule has 1 amide bonds. The first-order chi connectivity index (χ1) is 11.4. The van der Waals surface area contributed by atoms with Crippen LogP contribution in [0.2, 0.25) is 5.02 Å².